The molecule has 1 heterocycles. The summed E-state index contributed by atoms with van der Waals surface area (Å²) in [5.74, 6) is 1.31. The summed E-state index contributed by atoms with van der Waals surface area (Å²) in [6, 6.07) is 7.59. The van der Waals surface area contributed by atoms with Crippen molar-refractivity contribution < 1.29 is 9.15 Å². The monoisotopic (exact) mass is 204 g/mol. The van der Waals surface area contributed by atoms with Crippen LogP contribution in [0.25, 0.3) is 11.5 Å². The predicted octanol–water partition coefficient (Wildman–Crippen LogP) is 2.52. The lowest BCUT2D eigenvalue weighted by atomic mass is 10.2. The third-order valence-electron chi connectivity index (χ3n) is 1.81. The number of rotatable bonds is 3. The quantitative estimate of drug-likeness (QED) is 0.770. The Kier molecular flexibility index (Phi) is 2.67. The highest BCUT2D eigenvalue weighted by Gasteiger charge is 2.05. The van der Waals surface area contributed by atoms with E-state index in [4.69, 9.17) is 9.15 Å². The second-order valence-corrected chi connectivity index (χ2v) is 3.44. The summed E-state index contributed by atoms with van der Waals surface area (Å²) in [6.07, 6.45) is 1.47. The standard InChI is InChI=1S/C11H12N2O2/c1-8(2)15-10-5-3-4-9(6-10)11-13-12-7-14-11/h3-8H,1-2H3. The molecule has 4 heteroatoms. The van der Waals surface area contributed by atoms with Crippen molar-refractivity contribution in [2.75, 3.05) is 0 Å². The van der Waals surface area contributed by atoms with Gasteiger partial charge in [0, 0.05) is 5.56 Å². The van der Waals surface area contributed by atoms with Gasteiger partial charge in [0.1, 0.15) is 5.75 Å². The van der Waals surface area contributed by atoms with E-state index in [0.717, 1.165) is 11.3 Å². The van der Waals surface area contributed by atoms with Crippen LogP contribution in [-0.4, -0.2) is 16.3 Å². The van der Waals surface area contributed by atoms with Crippen LogP contribution in [0.2, 0.25) is 0 Å². The molecule has 78 valence electrons. The van der Waals surface area contributed by atoms with Gasteiger partial charge in [-0.05, 0) is 32.0 Å². The molecule has 0 N–H and O–H groups in total. The summed E-state index contributed by atoms with van der Waals surface area (Å²) in [6.45, 7) is 3.97. The molecule has 0 aliphatic carbocycles. The molecule has 2 aromatic rings. The lowest BCUT2D eigenvalue weighted by Crippen LogP contribution is -2.05. The average Bonchev–Trinajstić information content (AvgIpc) is 2.69. The first kappa shape index (κ1) is 9.71. The van der Waals surface area contributed by atoms with Gasteiger partial charge < -0.3 is 9.15 Å². The summed E-state index contributed by atoms with van der Waals surface area (Å²) in [5.41, 5.74) is 0.866. The van der Waals surface area contributed by atoms with Gasteiger partial charge in [-0.3, -0.25) is 0 Å². The second-order valence-electron chi connectivity index (χ2n) is 3.44. The summed E-state index contributed by atoms with van der Waals surface area (Å²) in [5, 5.41) is 7.47. The van der Waals surface area contributed by atoms with E-state index in [-0.39, 0.29) is 6.10 Å². The van der Waals surface area contributed by atoms with Crippen LogP contribution in [0, 0.1) is 0 Å². The number of ether oxygens (including phenoxy) is 1. The Morgan fingerprint density at radius 3 is 2.87 bits per heavy atom. The SMILES string of the molecule is CC(C)Oc1cccc(-c2nnco2)c1. The van der Waals surface area contributed by atoms with E-state index in [1.54, 1.807) is 0 Å². The Morgan fingerprint density at radius 2 is 2.20 bits per heavy atom. The third kappa shape index (κ3) is 2.34. The Morgan fingerprint density at radius 1 is 1.33 bits per heavy atom. The number of benzene rings is 1. The maximum absolute atomic E-state index is 5.56. The van der Waals surface area contributed by atoms with E-state index in [9.17, 15) is 0 Å². The molecule has 0 saturated carbocycles. The van der Waals surface area contributed by atoms with Gasteiger partial charge in [0.2, 0.25) is 12.3 Å². The Bertz CT molecular complexity index is 424. The van der Waals surface area contributed by atoms with Gasteiger partial charge in [0.05, 0.1) is 6.10 Å². The van der Waals surface area contributed by atoms with Crippen molar-refractivity contribution in [2.24, 2.45) is 0 Å². The van der Waals surface area contributed by atoms with E-state index >= 15 is 0 Å². The van der Waals surface area contributed by atoms with Gasteiger partial charge >= 0.3 is 0 Å². The number of aromatic nitrogens is 2. The minimum atomic E-state index is 0.155. The van der Waals surface area contributed by atoms with E-state index in [2.05, 4.69) is 10.2 Å². The Hall–Kier alpha value is -1.84. The Balaban J connectivity index is 2.27. The van der Waals surface area contributed by atoms with E-state index < -0.39 is 0 Å². The fourth-order valence-electron chi connectivity index (χ4n) is 1.27. The van der Waals surface area contributed by atoms with Crippen molar-refractivity contribution in [3.63, 3.8) is 0 Å². The molecule has 0 saturated heterocycles. The molecule has 1 aromatic heterocycles. The summed E-state index contributed by atoms with van der Waals surface area (Å²) >= 11 is 0. The first-order chi connectivity index (χ1) is 7.25. The van der Waals surface area contributed by atoms with Crippen LogP contribution < -0.4 is 4.74 Å². The number of hydrogen-bond donors (Lipinski definition) is 0. The van der Waals surface area contributed by atoms with E-state index in [1.807, 2.05) is 38.1 Å². The van der Waals surface area contributed by atoms with Gasteiger partial charge in [-0.2, -0.15) is 0 Å². The van der Waals surface area contributed by atoms with Gasteiger partial charge in [0.15, 0.2) is 0 Å². The average molecular weight is 204 g/mol. The zero-order chi connectivity index (χ0) is 10.7. The van der Waals surface area contributed by atoms with Gasteiger partial charge in [-0.25, -0.2) is 0 Å². The lowest BCUT2D eigenvalue weighted by Gasteiger charge is -2.09. The van der Waals surface area contributed by atoms with Crippen LogP contribution in [0.15, 0.2) is 35.1 Å². The second kappa shape index (κ2) is 4.13. The molecule has 0 aliphatic rings. The van der Waals surface area contributed by atoms with Gasteiger partial charge in [-0.15, -0.1) is 10.2 Å². The van der Waals surface area contributed by atoms with Gasteiger partial charge in [-0.1, -0.05) is 6.07 Å². The van der Waals surface area contributed by atoms with Gasteiger partial charge in [0.25, 0.3) is 0 Å². The molecule has 0 spiro atoms. The van der Waals surface area contributed by atoms with Crippen molar-refractivity contribution in [2.45, 2.75) is 20.0 Å². The maximum Gasteiger partial charge on any atom is 0.247 e. The molecular weight excluding hydrogens is 192 g/mol. The molecule has 0 unspecified atom stereocenters. The highest BCUT2D eigenvalue weighted by molar-refractivity contribution is 5.55. The molecule has 0 atom stereocenters. The third-order valence-corrected chi connectivity index (χ3v) is 1.81. The van der Waals surface area contributed by atoms with Crippen LogP contribution in [0.1, 0.15) is 13.8 Å². The molecule has 0 amide bonds. The predicted molar refractivity (Wildman–Crippen MR) is 55.5 cm³/mol. The van der Waals surface area contributed by atoms with Crippen molar-refractivity contribution in [1.82, 2.24) is 10.2 Å². The van der Waals surface area contributed by atoms with Crippen LogP contribution in [0.5, 0.6) is 5.75 Å². The molecule has 1 aromatic carbocycles. The fourth-order valence-corrected chi connectivity index (χ4v) is 1.27. The largest absolute Gasteiger partial charge is 0.491 e. The Labute approximate surface area is 87.9 Å². The zero-order valence-electron chi connectivity index (χ0n) is 8.68. The molecule has 0 bridgehead atoms. The molecule has 0 aliphatic heterocycles. The minimum absolute atomic E-state index is 0.155. The first-order valence-corrected chi connectivity index (χ1v) is 4.79. The smallest absolute Gasteiger partial charge is 0.247 e. The topological polar surface area (TPSA) is 48.2 Å². The first-order valence-electron chi connectivity index (χ1n) is 4.79. The fraction of sp³-hybridized carbons (Fsp3) is 0.273. The summed E-state index contributed by atoms with van der Waals surface area (Å²) in [4.78, 5) is 0. The molecular formula is C11H12N2O2. The molecule has 15 heavy (non-hydrogen) atoms. The highest BCUT2D eigenvalue weighted by atomic mass is 16.5. The molecule has 0 radical (unpaired) electrons. The van der Waals surface area contributed by atoms with E-state index in [0.29, 0.717) is 5.89 Å². The lowest BCUT2D eigenvalue weighted by molar-refractivity contribution is 0.242. The zero-order valence-corrected chi connectivity index (χ0v) is 8.68. The van der Waals surface area contributed by atoms with Crippen molar-refractivity contribution in [3.05, 3.63) is 30.7 Å². The summed E-state index contributed by atoms with van der Waals surface area (Å²) in [7, 11) is 0. The van der Waals surface area contributed by atoms with Crippen molar-refractivity contribution in [1.29, 1.82) is 0 Å². The van der Waals surface area contributed by atoms with Crippen LogP contribution in [0.4, 0.5) is 0 Å². The molecule has 2 rings (SSSR count). The molecule has 4 nitrogen and oxygen atoms in total. The van der Waals surface area contributed by atoms with Crippen LogP contribution >= 0.6 is 0 Å². The van der Waals surface area contributed by atoms with Crippen molar-refractivity contribution >= 4 is 0 Å². The van der Waals surface area contributed by atoms with Crippen LogP contribution in [0.3, 0.4) is 0 Å². The maximum atomic E-state index is 5.56. The normalized spacial score (nSPS) is 10.6. The number of nitrogens with zero attached hydrogens (tertiary/aromatic N) is 2. The highest BCUT2D eigenvalue weighted by Crippen LogP contribution is 2.22. The minimum Gasteiger partial charge on any atom is -0.491 e. The van der Waals surface area contributed by atoms with E-state index in [1.165, 1.54) is 6.39 Å². The summed E-state index contributed by atoms with van der Waals surface area (Å²) < 4.78 is 10.7. The number of hydrogen-bond acceptors (Lipinski definition) is 4. The van der Waals surface area contributed by atoms with Crippen LogP contribution in [-0.2, 0) is 0 Å². The van der Waals surface area contributed by atoms with Crippen molar-refractivity contribution in [3.8, 4) is 17.2 Å². The molecule has 0 fully saturated rings.